The molecule has 0 radical (unpaired) electrons. The minimum atomic E-state index is -2.65. The predicted octanol–water partition coefficient (Wildman–Crippen LogP) is -1.08. The van der Waals surface area contributed by atoms with Crippen molar-refractivity contribution in [3.05, 3.63) is 0 Å². The molecule has 0 bridgehead atoms. The first kappa shape index (κ1) is 8.84. The average Bonchev–Trinajstić information content (AvgIpc) is 1.65. The lowest BCUT2D eigenvalue weighted by molar-refractivity contribution is -0.391. The molecule has 0 aliphatic heterocycles. The van der Waals surface area contributed by atoms with Gasteiger partial charge in [0.2, 0.25) is 0 Å². The molecular formula is C5H13NO3. The largest absolute Gasteiger partial charge is 0.345 e. The van der Waals surface area contributed by atoms with Crippen molar-refractivity contribution >= 4 is 0 Å². The van der Waals surface area contributed by atoms with Crippen LogP contribution in [0.3, 0.4) is 0 Å². The van der Waals surface area contributed by atoms with E-state index in [1.807, 2.05) is 0 Å². The number of aliphatic hydroxyl groups is 3. The topological polar surface area (TPSA) is 63.9 Å². The first-order valence-electron chi connectivity index (χ1n) is 2.94. The zero-order valence-electron chi connectivity index (χ0n) is 5.70. The van der Waals surface area contributed by atoms with Gasteiger partial charge in [-0.15, -0.1) is 0 Å². The third kappa shape index (κ3) is 2.76. The van der Waals surface area contributed by atoms with Crippen molar-refractivity contribution in [2.24, 2.45) is 0 Å². The fourth-order valence-electron chi connectivity index (χ4n) is 0.648. The molecule has 0 heterocycles. The summed E-state index contributed by atoms with van der Waals surface area (Å²) in [5, 5.41) is 25.5. The van der Waals surface area contributed by atoms with Crippen LogP contribution < -0.4 is 0 Å². The molecule has 4 nitrogen and oxygen atoms in total. The summed E-state index contributed by atoms with van der Waals surface area (Å²) in [5.41, 5.74) is 0. The highest BCUT2D eigenvalue weighted by molar-refractivity contribution is 4.50. The van der Waals surface area contributed by atoms with E-state index in [1.165, 1.54) is 0 Å². The number of nitrogens with zero attached hydrogens (tertiary/aromatic N) is 1. The second kappa shape index (κ2) is 3.12. The molecule has 0 amide bonds. The van der Waals surface area contributed by atoms with Gasteiger partial charge in [0.15, 0.2) is 0 Å². The lowest BCUT2D eigenvalue weighted by Crippen LogP contribution is -2.48. The monoisotopic (exact) mass is 135 g/mol. The maximum absolute atomic E-state index is 8.51. The van der Waals surface area contributed by atoms with Crippen LogP contribution in [-0.4, -0.2) is 39.4 Å². The molecule has 0 aliphatic rings. The summed E-state index contributed by atoms with van der Waals surface area (Å²) in [7, 11) is 0. The quantitative estimate of drug-likeness (QED) is 0.430. The molecule has 0 fully saturated rings. The third-order valence-corrected chi connectivity index (χ3v) is 1.19. The van der Waals surface area contributed by atoms with Crippen molar-refractivity contribution in [1.82, 2.24) is 4.90 Å². The van der Waals surface area contributed by atoms with E-state index in [9.17, 15) is 0 Å². The number of rotatable bonds is 3. The van der Waals surface area contributed by atoms with E-state index in [4.69, 9.17) is 15.3 Å². The van der Waals surface area contributed by atoms with Gasteiger partial charge in [-0.05, 0) is 0 Å². The molecule has 0 spiro atoms. The zero-order chi connectivity index (χ0) is 7.49. The molecule has 4 heteroatoms. The van der Waals surface area contributed by atoms with Gasteiger partial charge in [-0.2, -0.15) is 0 Å². The van der Waals surface area contributed by atoms with Crippen molar-refractivity contribution in [3.63, 3.8) is 0 Å². The first-order valence-corrected chi connectivity index (χ1v) is 2.94. The minimum Gasteiger partial charge on any atom is -0.330 e. The van der Waals surface area contributed by atoms with Crippen molar-refractivity contribution in [3.8, 4) is 0 Å². The van der Waals surface area contributed by atoms with E-state index in [-0.39, 0.29) is 0 Å². The standard InChI is InChI=1S/C5H13NO3/c1-3-6(4-2)5(7,8)9/h7-9H,3-4H2,1-2H3. The smallest absolute Gasteiger partial charge is 0.330 e. The maximum atomic E-state index is 8.51. The summed E-state index contributed by atoms with van der Waals surface area (Å²) >= 11 is 0. The van der Waals surface area contributed by atoms with Crippen molar-refractivity contribution in [2.45, 2.75) is 19.9 Å². The highest BCUT2D eigenvalue weighted by Crippen LogP contribution is 2.00. The van der Waals surface area contributed by atoms with Crippen LogP contribution in [0.2, 0.25) is 0 Å². The average molecular weight is 135 g/mol. The van der Waals surface area contributed by atoms with Gasteiger partial charge in [-0.3, -0.25) is 0 Å². The summed E-state index contributed by atoms with van der Waals surface area (Å²) in [6, 6.07) is 0. The summed E-state index contributed by atoms with van der Waals surface area (Å²) < 4.78 is 0. The molecule has 0 saturated heterocycles. The zero-order valence-corrected chi connectivity index (χ0v) is 5.70. The van der Waals surface area contributed by atoms with E-state index < -0.39 is 6.10 Å². The van der Waals surface area contributed by atoms with Gasteiger partial charge in [-0.25, -0.2) is 4.90 Å². The molecule has 0 aromatic rings. The van der Waals surface area contributed by atoms with Crippen molar-refractivity contribution < 1.29 is 15.3 Å². The fraction of sp³-hybridized carbons (Fsp3) is 1.00. The van der Waals surface area contributed by atoms with Crippen LogP contribution >= 0.6 is 0 Å². The van der Waals surface area contributed by atoms with Gasteiger partial charge in [-0.1, -0.05) is 13.8 Å². The van der Waals surface area contributed by atoms with Gasteiger partial charge in [0, 0.05) is 13.1 Å². The molecule has 56 valence electrons. The lowest BCUT2D eigenvalue weighted by Gasteiger charge is -2.27. The van der Waals surface area contributed by atoms with Crippen LogP contribution in [0.5, 0.6) is 0 Å². The predicted molar refractivity (Wildman–Crippen MR) is 32.3 cm³/mol. The molecule has 0 aromatic carbocycles. The van der Waals surface area contributed by atoms with E-state index in [1.54, 1.807) is 13.8 Å². The van der Waals surface area contributed by atoms with E-state index in [0.717, 1.165) is 4.90 Å². The maximum Gasteiger partial charge on any atom is 0.345 e. The molecule has 0 atom stereocenters. The Balaban J connectivity index is 3.79. The van der Waals surface area contributed by atoms with Crippen LogP contribution in [0.15, 0.2) is 0 Å². The van der Waals surface area contributed by atoms with Gasteiger partial charge in [0.1, 0.15) is 0 Å². The molecule has 0 rings (SSSR count). The van der Waals surface area contributed by atoms with Crippen LogP contribution in [0, 0.1) is 0 Å². The molecular weight excluding hydrogens is 122 g/mol. The van der Waals surface area contributed by atoms with Gasteiger partial charge < -0.3 is 15.3 Å². The Morgan fingerprint density at radius 3 is 1.44 bits per heavy atom. The first-order chi connectivity index (χ1) is 4.02. The summed E-state index contributed by atoms with van der Waals surface area (Å²) in [4.78, 5) is 1.10. The second-order valence-electron chi connectivity index (χ2n) is 1.77. The Morgan fingerprint density at radius 1 is 1.11 bits per heavy atom. The van der Waals surface area contributed by atoms with E-state index in [0.29, 0.717) is 13.1 Å². The molecule has 0 unspecified atom stereocenters. The van der Waals surface area contributed by atoms with Crippen molar-refractivity contribution in [2.75, 3.05) is 13.1 Å². The Morgan fingerprint density at radius 2 is 1.44 bits per heavy atom. The highest BCUT2D eigenvalue weighted by atomic mass is 16.7. The lowest BCUT2D eigenvalue weighted by atomic mass is 10.5. The molecule has 0 saturated carbocycles. The normalized spacial score (nSPS) is 12.7. The molecule has 9 heavy (non-hydrogen) atoms. The highest BCUT2D eigenvalue weighted by Gasteiger charge is 2.25. The van der Waals surface area contributed by atoms with Crippen LogP contribution in [0.4, 0.5) is 0 Å². The van der Waals surface area contributed by atoms with Gasteiger partial charge in [0.05, 0.1) is 0 Å². The second-order valence-corrected chi connectivity index (χ2v) is 1.77. The molecule has 0 aromatic heterocycles. The summed E-state index contributed by atoms with van der Waals surface area (Å²) in [5.74, 6) is 0. The SMILES string of the molecule is CCN(CC)C(O)(O)O. The Bertz CT molecular complexity index is 74.8. The molecule has 0 aliphatic carbocycles. The Hall–Kier alpha value is -0.160. The van der Waals surface area contributed by atoms with Gasteiger partial charge in [0.25, 0.3) is 0 Å². The van der Waals surface area contributed by atoms with E-state index in [2.05, 4.69) is 0 Å². The molecule has 3 N–H and O–H groups in total. The number of hydrogen-bond acceptors (Lipinski definition) is 4. The number of hydrogen-bond donors (Lipinski definition) is 3. The van der Waals surface area contributed by atoms with Crippen molar-refractivity contribution in [1.29, 1.82) is 0 Å². The Labute approximate surface area is 54.3 Å². The third-order valence-electron chi connectivity index (χ3n) is 1.19. The van der Waals surface area contributed by atoms with Crippen LogP contribution in [0.1, 0.15) is 13.8 Å². The van der Waals surface area contributed by atoms with Gasteiger partial charge >= 0.3 is 6.10 Å². The summed E-state index contributed by atoms with van der Waals surface area (Å²) in [6.45, 7) is 4.25. The van der Waals surface area contributed by atoms with Crippen LogP contribution in [-0.2, 0) is 0 Å². The fourth-order valence-corrected chi connectivity index (χ4v) is 0.648. The summed E-state index contributed by atoms with van der Waals surface area (Å²) in [6.07, 6.45) is -2.65. The Kier molecular flexibility index (Phi) is 3.07. The van der Waals surface area contributed by atoms with E-state index >= 15 is 0 Å². The van der Waals surface area contributed by atoms with Crippen LogP contribution in [0.25, 0.3) is 0 Å². The minimum absolute atomic E-state index is 0.403.